The van der Waals surface area contributed by atoms with Gasteiger partial charge < -0.3 is 14.8 Å². The molecule has 30 heavy (non-hydrogen) atoms. The van der Waals surface area contributed by atoms with Gasteiger partial charge in [-0.05, 0) is 36.6 Å². The summed E-state index contributed by atoms with van der Waals surface area (Å²) in [6.07, 6.45) is 5.66. The predicted molar refractivity (Wildman–Crippen MR) is 117 cm³/mol. The molecule has 6 rings (SSSR count). The third-order valence-corrected chi connectivity index (χ3v) is 6.75. The maximum absolute atomic E-state index is 13.4. The van der Waals surface area contributed by atoms with Gasteiger partial charge in [0.05, 0.1) is 22.6 Å². The second-order valence-electron chi connectivity index (χ2n) is 8.51. The largest absolute Gasteiger partial charge is 0.361 e. The molecule has 4 heterocycles. The van der Waals surface area contributed by atoms with Crippen molar-refractivity contribution in [2.75, 3.05) is 24.5 Å². The molecule has 1 N–H and O–H groups in total. The van der Waals surface area contributed by atoms with Crippen molar-refractivity contribution in [2.45, 2.75) is 19.4 Å². The van der Waals surface area contributed by atoms with Gasteiger partial charge in [0.2, 0.25) is 5.91 Å². The number of aromatic nitrogens is 3. The highest BCUT2D eigenvalue weighted by Crippen LogP contribution is 2.42. The van der Waals surface area contributed by atoms with E-state index in [0.29, 0.717) is 6.54 Å². The number of hydrogen-bond donors (Lipinski definition) is 1. The van der Waals surface area contributed by atoms with E-state index in [1.807, 2.05) is 53.7 Å². The summed E-state index contributed by atoms with van der Waals surface area (Å²) >= 11 is 0. The molecule has 150 valence electrons. The molecule has 4 aromatic rings. The van der Waals surface area contributed by atoms with Crippen molar-refractivity contribution in [3.63, 3.8) is 0 Å². The first kappa shape index (κ1) is 17.4. The van der Waals surface area contributed by atoms with Gasteiger partial charge in [-0.2, -0.15) is 0 Å². The quantitative estimate of drug-likeness (QED) is 0.572. The topological polar surface area (TPSA) is 65.1 Å². The number of hydrogen-bond acceptors (Lipinski definition) is 4. The molecule has 1 unspecified atom stereocenters. The Bertz CT molecular complexity index is 1260. The monoisotopic (exact) mass is 397 g/mol. The second kappa shape index (κ2) is 6.55. The zero-order chi connectivity index (χ0) is 20.1. The summed E-state index contributed by atoms with van der Waals surface area (Å²) in [6, 6.07) is 16.2. The van der Waals surface area contributed by atoms with Crippen LogP contribution >= 0.6 is 0 Å². The lowest BCUT2D eigenvalue weighted by molar-refractivity contribution is -0.135. The number of rotatable bonds is 3. The SMILES string of the molecule is O=C1N(Cc2c[nH]c3ccccc23)CCC12CCN(c1cnc3ccccc3n1)C2. The van der Waals surface area contributed by atoms with Crippen molar-refractivity contribution >= 4 is 33.7 Å². The molecule has 2 aliphatic heterocycles. The number of anilines is 1. The summed E-state index contributed by atoms with van der Waals surface area (Å²) in [5.74, 6) is 1.15. The summed E-state index contributed by atoms with van der Waals surface area (Å²) in [7, 11) is 0. The lowest BCUT2D eigenvalue weighted by Crippen LogP contribution is -2.36. The van der Waals surface area contributed by atoms with Crippen LogP contribution in [0, 0.1) is 5.41 Å². The molecule has 2 aliphatic rings. The van der Waals surface area contributed by atoms with E-state index in [2.05, 4.69) is 27.0 Å². The van der Waals surface area contributed by atoms with Gasteiger partial charge in [0.1, 0.15) is 5.82 Å². The fourth-order valence-electron chi connectivity index (χ4n) is 5.06. The Morgan fingerprint density at radius 3 is 2.73 bits per heavy atom. The summed E-state index contributed by atoms with van der Waals surface area (Å²) in [5.41, 5.74) is 3.81. The van der Waals surface area contributed by atoms with Gasteiger partial charge in [-0.1, -0.05) is 30.3 Å². The van der Waals surface area contributed by atoms with Crippen LogP contribution in [0.3, 0.4) is 0 Å². The van der Waals surface area contributed by atoms with E-state index in [1.54, 1.807) is 0 Å². The molecular formula is C24H23N5O. The minimum Gasteiger partial charge on any atom is -0.361 e. The first-order chi connectivity index (χ1) is 14.7. The van der Waals surface area contributed by atoms with Crippen molar-refractivity contribution in [1.29, 1.82) is 0 Å². The van der Waals surface area contributed by atoms with Gasteiger partial charge in [0.15, 0.2) is 0 Å². The van der Waals surface area contributed by atoms with Crippen LogP contribution in [0.15, 0.2) is 60.9 Å². The zero-order valence-electron chi connectivity index (χ0n) is 16.7. The summed E-state index contributed by atoms with van der Waals surface area (Å²) in [4.78, 5) is 30.4. The van der Waals surface area contributed by atoms with E-state index >= 15 is 0 Å². The Balaban J connectivity index is 1.22. The summed E-state index contributed by atoms with van der Waals surface area (Å²) < 4.78 is 0. The highest BCUT2D eigenvalue weighted by Gasteiger charge is 2.51. The van der Waals surface area contributed by atoms with Crippen molar-refractivity contribution in [1.82, 2.24) is 19.9 Å². The van der Waals surface area contributed by atoms with Gasteiger partial charge in [0, 0.05) is 43.3 Å². The normalized spacial score (nSPS) is 21.5. The van der Waals surface area contributed by atoms with Crippen LogP contribution in [0.4, 0.5) is 5.82 Å². The molecule has 2 fully saturated rings. The predicted octanol–water partition coefficient (Wildman–Crippen LogP) is 3.74. The smallest absolute Gasteiger partial charge is 0.231 e. The lowest BCUT2D eigenvalue weighted by atomic mass is 9.85. The van der Waals surface area contributed by atoms with Gasteiger partial charge in [-0.25, -0.2) is 4.98 Å². The minimum absolute atomic E-state index is 0.282. The van der Waals surface area contributed by atoms with E-state index in [9.17, 15) is 4.79 Å². The number of para-hydroxylation sites is 3. The molecule has 2 aromatic heterocycles. The standard InChI is InChI=1S/C24H23N5O/c30-23-24(9-11-28(23)15-17-13-25-19-6-2-1-5-18(17)19)10-12-29(16-24)22-14-26-20-7-3-4-8-21(20)27-22/h1-8,13-14,25H,9-12,15-16H2. The van der Waals surface area contributed by atoms with Crippen molar-refractivity contribution < 1.29 is 4.79 Å². The van der Waals surface area contributed by atoms with Crippen LogP contribution in [0.5, 0.6) is 0 Å². The molecule has 6 nitrogen and oxygen atoms in total. The molecule has 1 atom stereocenters. The minimum atomic E-state index is -0.292. The van der Waals surface area contributed by atoms with Crippen LogP contribution in [-0.2, 0) is 11.3 Å². The number of carbonyl (C=O) groups is 1. The maximum atomic E-state index is 13.4. The van der Waals surface area contributed by atoms with E-state index in [4.69, 9.17) is 4.98 Å². The molecule has 0 aliphatic carbocycles. The molecule has 0 bridgehead atoms. The number of H-pyrrole nitrogens is 1. The van der Waals surface area contributed by atoms with Crippen LogP contribution in [0.1, 0.15) is 18.4 Å². The number of nitrogens with one attached hydrogen (secondary N) is 1. The number of nitrogens with zero attached hydrogens (tertiary/aromatic N) is 4. The Labute approximate surface area is 174 Å². The number of likely N-dealkylation sites (tertiary alicyclic amines) is 1. The van der Waals surface area contributed by atoms with Crippen molar-refractivity contribution in [3.05, 3.63) is 66.5 Å². The third kappa shape index (κ3) is 2.67. The molecule has 2 saturated heterocycles. The van der Waals surface area contributed by atoms with E-state index in [0.717, 1.165) is 54.8 Å². The van der Waals surface area contributed by atoms with E-state index < -0.39 is 0 Å². The Kier molecular flexibility index (Phi) is 3.81. The van der Waals surface area contributed by atoms with Gasteiger partial charge in [-0.3, -0.25) is 9.78 Å². The number of fused-ring (bicyclic) bond motifs is 2. The first-order valence-electron chi connectivity index (χ1n) is 10.5. The van der Waals surface area contributed by atoms with Crippen LogP contribution < -0.4 is 4.90 Å². The molecule has 6 heteroatoms. The number of amides is 1. The van der Waals surface area contributed by atoms with E-state index in [1.165, 1.54) is 10.9 Å². The average molecular weight is 397 g/mol. The van der Waals surface area contributed by atoms with Crippen molar-refractivity contribution in [2.24, 2.45) is 5.41 Å². The fourth-order valence-corrected chi connectivity index (χ4v) is 5.06. The average Bonchev–Trinajstić information content (AvgIpc) is 3.49. The first-order valence-corrected chi connectivity index (χ1v) is 10.5. The van der Waals surface area contributed by atoms with Gasteiger partial charge in [-0.15, -0.1) is 0 Å². The highest BCUT2D eigenvalue weighted by atomic mass is 16.2. The van der Waals surface area contributed by atoms with Crippen LogP contribution in [0.2, 0.25) is 0 Å². The van der Waals surface area contributed by atoms with Crippen molar-refractivity contribution in [3.8, 4) is 0 Å². The second-order valence-corrected chi connectivity index (χ2v) is 8.51. The van der Waals surface area contributed by atoms with E-state index in [-0.39, 0.29) is 11.3 Å². The lowest BCUT2D eigenvalue weighted by Gasteiger charge is -2.24. The molecule has 2 aromatic carbocycles. The number of aromatic amines is 1. The molecule has 1 spiro atoms. The highest BCUT2D eigenvalue weighted by molar-refractivity contribution is 5.88. The summed E-state index contributed by atoms with van der Waals surface area (Å²) in [6.45, 7) is 3.05. The maximum Gasteiger partial charge on any atom is 0.231 e. The molecule has 0 saturated carbocycles. The fraction of sp³-hybridized carbons (Fsp3) is 0.292. The van der Waals surface area contributed by atoms with Gasteiger partial charge >= 0.3 is 0 Å². The summed E-state index contributed by atoms with van der Waals surface area (Å²) in [5, 5.41) is 1.20. The zero-order valence-corrected chi connectivity index (χ0v) is 16.7. The van der Waals surface area contributed by atoms with Crippen LogP contribution in [-0.4, -0.2) is 45.4 Å². The van der Waals surface area contributed by atoms with Gasteiger partial charge in [0.25, 0.3) is 0 Å². The molecular weight excluding hydrogens is 374 g/mol. The third-order valence-electron chi connectivity index (χ3n) is 6.75. The molecule has 1 amide bonds. The van der Waals surface area contributed by atoms with Crippen LogP contribution in [0.25, 0.3) is 21.9 Å². The number of carbonyl (C=O) groups excluding carboxylic acids is 1. The Hall–Kier alpha value is -3.41. The Morgan fingerprint density at radius 1 is 1.00 bits per heavy atom. The Morgan fingerprint density at radius 2 is 1.80 bits per heavy atom. The number of benzene rings is 2. The molecule has 0 radical (unpaired) electrons.